The van der Waals surface area contributed by atoms with Crippen LogP contribution in [-0.2, 0) is 9.84 Å². The first-order chi connectivity index (χ1) is 9.28. The van der Waals surface area contributed by atoms with Crippen LogP contribution in [0, 0.1) is 17.2 Å². The Morgan fingerprint density at radius 1 is 1.55 bits per heavy atom. The standard InChI is InChI=1S/C13H22N4O2S/c1-4-5-6-7-10(2)13(20(3,18)19)16-9-11(8-14)12(15)17-13/h9-10,16H,4-7H2,1-3H3,(H2,15,17). The molecule has 0 bridgehead atoms. The van der Waals surface area contributed by atoms with Crippen molar-refractivity contribution in [2.75, 3.05) is 6.26 Å². The van der Waals surface area contributed by atoms with Crippen molar-refractivity contribution < 1.29 is 8.42 Å². The maximum absolute atomic E-state index is 12.2. The van der Waals surface area contributed by atoms with Crippen LogP contribution in [0.15, 0.2) is 16.8 Å². The van der Waals surface area contributed by atoms with E-state index in [0.29, 0.717) is 0 Å². The molecule has 0 saturated carbocycles. The van der Waals surface area contributed by atoms with E-state index in [0.717, 1.165) is 31.9 Å². The van der Waals surface area contributed by atoms with Gasteiger partial charge in [-0.25, -0.2) is 13.4 Å². The van der Waals surface area contributed by atoms with Crippen molar-refractivity contribution in [3.8, 4) is 6.07 Å². The molecule has 1 heterocycles. The lowest BCUT2D eigenvalue weighted by Gasteiger charge is -2.36. The predicted molar refractivity (Wildman–Crippen MR) is 79.3 cm³/mol. The summed E-state index contributed by atoms with van der Waals surface area (Å²) in [5, 5.41) is 11.7. The van der Waals surface area contributed by atoms with Crippen LogP contribution >= 0.6 is 0 Å². The van der Waals surface area contributed by atoms with Crippen LogP contribution in [0.25, 0.3) is 0 Å². The minimum atomic E-state index is -3.52. The molecule has 0 fully saturated rings. The highest BCUT2D eigenvalue weighted by molar-refractivity contribution is 7.92. The summed E-state index contributed by atoms with van der Waals surface area (Å²) in [5.41, 5.74) is 5.87. The fourth-order valence-electron chi connectivity index (χ4n) is 2.31. The van der Waals surface area contributed by atoms with Gasteiger partial charge in [-0.15, -0.1) is 0 Å². The Bertz CT molecular complexity index is 559. The molecule has 2 atom stereocenters. The Morgan fingerprint density at radius 2 is 2.20 bits per heavy atom. The Kier molecular flexibility index (Phi) is 5.17. The van der Waals surface area contributed by atoms with Crippen molar-refractivity contribution in [3.63, 3.8) is 0 Å². The maximum atomic E-state index is 12.2. The van der Waals surface area contributed by atoms with Gasteiger partial charge in [0.25, 0.3) is 0 Å². The van der Waals surface area contributed by atoms with Gasteiger partial charge in [0.05, 0.1) is 0 Å². The molecule has 0 aliphatic carbocycles. The summed E-state index contributed by atoms with van der Waals surface area (Å²) in [6, 6.07) is 1.88. The number of aliphatic imine (C=N–C) groups is 1. The van der Waals surface area contributed by atoms with E-state index in [1.165, 1.54) is 6.20 Å². The second-order valence-corrected chi connectivity index (χ2v) is 7.34. The zero-order valence-corrected chi connectivity index (χ0v) is 13.0. The molecule has 6 nitrogen and oxygen atoms in total. The smallest absolute Gasteiger partial charge is 0.236 e. The van der Waals surface area contributed by atoms with Crippen molar-refractivity contribution in [2.45, 2.75) is 44.5 Å². The lowest BCUT2D eigenvalue weighted by Crippen LogP contribution is -2.55. The number of nitrogens with two attached hydrogens (primary N) is 1. The maximum Gasteiger partial charge on any atom is 0.236 e. The van der Waals surface area contributed by atoms with Gasteiger partial charge in [0, 0.05) is 18.4 Å². The van der Waals surface area contributed by atoms with E-state index < -0.39 is 14.8 Å². The molecule has 0 aromatic carbocycles. The SMILES string of the molecule is CCCCCC(C)C1(S(C)(=O)=O)N=C(N)C(C#N)=CN1. The van der Waals surface area contributed by atoms with Crippen molar-refractivity contribution in [2.24, 2.45) is 16.6 Å². The fraction of sp³-hybridized carbons (Fsp3) is 0.692. The molecule has 0 saturated heterocycles. The molecular weight excluding hydrogens is 276 g/mol. The third-order valence-corrected chi connectivity index (χ3v) is 5.32. The second kappa shape index (κ2) is 6.27. The Balaban J connectivity index is 3.10. The van der Waals surface area contributed by atoms with E-state index >= 15 is 0 Å². The number of nitriles is 1. The van der Waals surface area contributed by atoms with E-state index in [2.05, 4.69) is 17.2 Å². The second-order valence-electron chi connectivity index (χ2n) is 5.18. The molecule has 20 heavy (non-hydrogen) atoms. The Hall–Kier alpha value is -1.55. The van der Waals surface area contributed by atoms with Crippen LogP contribution in [-0.4, -0.2) is 25.5 Å². The largest absolute Gasteiger partial charge is 0.383 e. The van der Waals surface area contributed by atoms with Crippen LogP contribution in [0.1, 0.15) is 39.5 Å². The van der Waals surface area contributed by atoms with Gasteiger partial charge in [-0.05, 0) is 6.42 Å². The Labute approximate surface area is 120 Å². The summed E-state index contributed by atoms with van der Waals surface area (Å²) in [4.78, 5) is 2.65. The lowest BCUT2D eigenvalue weighted by molar-refractivity contribution is 0.326. The van der Waals surface area contributed by atoms with E-state index in [1.54, 1.807) is 0 Å². The first-order valence-electron chi connectivity index (χ1n) is 6.71. The topological polar surface area (TPSA) is 108 Å². The van der Waals surface area contributed by atoms with E-state index in [1.807, 2.05) is 13.0 Å². The normalized spacial score (nSPS) is 24.1. The number of nitrogens with one attached hydrogen (secondary N) is 1. The van der Waals surface area contributed by atoms with Crippen LogP contribution in [0.4, 0.5) is 0 Å². The van der Waals surface area contributed by atoms with Gasteiger partial charge in [0.15, 0.2) is 9.84 Å². The van der Waals surface area contributed by atoms with E-state index in [4.69, 9.17) is 11.0 Å². The van der Waals surface area contributed by atoms with Crippen molar-refractivity contribution in [3.05, 3.63) is 11.8 Å². The summed E-state index contributed by atoms with van der Waals surface area (Å²) in [7, 11) is -3.52. The number of hydrogen-bond acceptors (Lipinski definition) is 6. The molecule has 1 aliphatic heterocycles. The first kappa shape index (κ1) is 16.5. The monoisotopic (exact) mass is 298 g/mol. The molecule has 0 aromatic rings. The van der Waals surface area contributed by atoms with Gasteiger partial charge in [-0.2, -0.15) is 5.26 Å². The highest BCUT2D eigenvalue weighted by Gasteiger charge is 2.46. The third kappa shape index (κ3) is 3.12. The van der Waals surface area contributed by atoms with Crippen LogP contribution in [0.2, 0.25) is 0 Å². The molecule has 0 radical (unpaired) electrons. The minimum Gasteiger partial charge on any atom is -0.383 e. The van der Waals surface area contributed by atoms with Gasteiger partial charge in [-0.1, -0.05) is 33.1 Å². The summed E-state index contributed by atoms with van der Waals surface area (Å²) >= 11 is 0. The quantitative estimate of drug-likeness (QED) is 0.718. The molecule has 0 amide bonds. The van der Waals surface area contributed by atoms with Crippen LogP contribution in [0.5, 0.6) is 0 Å². The lowest BCUT2D eigenvalue weighted by atomic mass is 9.99. The number of rotatable bonds is 6. The number of hydrogen-bond donors (Lipinski definition) is 2. The summed E-state index contributed by atoms with van der Waals surface area (Å²) < 4.78 is 24.4. The highest BCUT2D eigenvalue weighted by Crippen LogP contribution is 2.32. The molecule has 7 heteroatoms. The zero-order chi connectivity index (χ0) is 15.4. The first-order valence-corrected chi connectivity index (χ1v) is 8.61. The third-order valence-electron chi connectivity index (χ3n) is 3.58. The van der Waals surface area contributed by atoms with Crippen LogP contribution in [0.3, 0.4) is 0 Å². The molecule has 1 aliphatic rings. The molecule has 2 unspecified atom stereocenters. The predicted octanol–water partition coefficient (Wildman–Crippen LogP) is 1.27. The van der Waals surface area contributed by atoms with Gasteiger partial charge in [0.1, 0.15) is 17.5 Å². The van der Waals surface area contributed by atoms with E-state index in [-0.39, 0.29) is 17.3 Å². The summed E-state index contributed by atoms with van der Waals surface area (Å²) in [6.45, 7) is 3.93. The van der Waals surface area contributed by atoms with Crippen molar-refractivity contribution in [1.82, 2.24) is 5.32 Å². The number of amidine groups is 1. The molecule has 3 N–H and O–H groups in total. The summed E-state index contributed by atoms with van der Waals surface area (Å²) in [6.07, 6.45) is 6.25. The molecule has 0 spiro atoms. The van der Waals surface area contributed by atoms with Gasteiger partial charge < -0.3 is 11.1 Å². The minimum absolute atomic E-state index is 0.0287. The highest BCUT2D eigenvalue weighted by atomic mass is 32.2. The van der Waals surface area contributed by atoms with Crippen LogP contribution < -0.4 is 11.1 Å². The number of sulfone groups is 1. The van der Waals surface area contributed by atoms with Crippen molar-refractivity contribution in [1.29, 1.82) is 5.26 Å². The molecule has 1 rings (SSSR count). The average molecular weight is 298 g/mol. The molecule has 0 aromatic heterocycles. The number of unbranched alkanes of at least 4 members (excludes halogenated alkanes) is 2. The van der Waals surface area contributed by atoms with E-state index in [9.17, 15) is 8.42 Å². The number of nitrogens with zero attached hydrogens (tertiary/aromatic N) is 2. The molecule has 112 valence electrons. The zero-order valence-electron chi connectivity index (χ0n) is 12.2. The molecular formula is C13H22N4O2S. The van der Waals surface area contributed by atoms with Crippen molar-refractivity contribution >= 4 is 15.7 Å². The van der Waals surface area contributed by atoms with Gasteiger partial charge >= 0.3 is 0 Å². The average Bonchev–Trinajstić information content (AvgIpc) is 2.37. The Morgan fingerprint density at radius 3 is 2.65 bits per heavy atom. The fourth-order valence-corrected chi connectivity index (χ4v) is 3.70. The van der Waals surface area contributed by atoms with Gasteiger partial charge in [0.2, 0.25) is 4.99 Å². The summed E-state index contributed by atoms with van der Waals surface area (Å²) in [5.74, 6) is -0.266. The van der Waals surface area contributed by atoms with Gasteiger partial charge in [-0.3, -0.25) is 0 Å².